The number of ether oxygens (including phenoxy) is 2. The van der Waals surface area contributed by atoms with E-state index in [-0.39, 0.29) is 18.6 Å². The summed E-state index contributed by atoms with van der Waals surface area (Å²) in [6, 6.07) is 7.95. The largest absolute Gasteiger partial charge is 0.483 e. The molecule has 1 amide bonds. The van der Waals surface area contributed by atoms with Crippen LogP contribution in [0.25, 0.3) is 0 Å². The van der Waals surface area contributed by atoms with Gasteiger partial charge in [0.05, 0.1) is 12.7 Å². The number of para-hydroxylation sites is 1. The average molecular weight is 390 g/mol. The van der Waals surface area contributed by atoms with Crippen LogP contribution in [0.1, 0.15) is 32.3 Å². The van der Waals surface area contributed by atoms with E-state index in [1.807, 2.05) is 23.1 Å². The third kappa shape index (κ3) is 6.47. The molecule has 0 aromatic heterocycles. The molecular formula is C22H35N3O3. The van der Waals surface area contributed by atoms with Crippen molar-refractivity contribution in [2.75, 3.05) is 52.5 Å². The highest BCUT2D eigenvalue weighted by molar-refractivity contribution is 5.78. The van der Waals surface area contributed by atoms with E-state index in [1.165, 1.54) is 0 Å². The molecule has 156 valence electrons. The highest BCUT2D eigenvalue weighted by atomic mass is 16.5. The van der Waals surface area contributed by atoms with Gasteiger partial charge in [-0.3, -0.25) is 9.69 Å². The first-order valence-electron chi connectivity index (χ1n) is 10.6. The molecule has 2 heterocycles. The fourth-order valence-electron chi connectivity index (χ4n) is 3.94. The van der Waals surface area contributed by atoms with Crippen molar-refractivity contribution in [3.05, 3.63) is 29.8 Å². The minimum absolute atomic E-state index is 0.0844. The lowest BCUT2D eigenvalue weighted by molar-refractivity contribution is -0.132. The molecule has 3 rings (SSSR count). The summed E-state index contributed by atoms with van der Waals surface area (Å²) in [6.07, 6.45) is 2.42. The van der Waals surface area contributed by atoms with Crippen molar-refractivity contribution in [1.82, 2.24) is 15.1 Å². The van der Waals surface area contributed by atoms with Crippen LogP contribution in [0.4, 0.5) is 0 Å². The predicted octanol–water partition coefficient (Wildman–Crippen LogP) is 2.13. The first-order valence-corrected chi connectivity index (χ1v) is 10.6. The molecule has 0 radical (unpaired) electrons. The summed E-state index contributed by atoms with van der Waals surface area (Å²) in [6.45, 7) is 11.8. The Morgan fingerprint density at radius 3 is 2.82 bits per heavy atom. The maximum Gasteiger partial charge on any atom is 0.260 e. The standard InChI is InChI=1S/C22H35N3O3/c1-18(2)15-24-11-12-27-20(16-24)14-23-13-19-7-3-4-8-21(19)28-17-22(26)25-9-5-6-10-25/h3-4,7-8,18,20,23H,5-6,9-17H2,1-2H3. The fourth-order valence-corrected chi connectivity index (χ4v) is 3.94. The summed E-state index contributed by atoms with van der Waals surface area (Å²) in [5.74, 6) is 1.55. The van der Waals surface area contributed by atoms with Crippen molar-refractivity contribution >= 4 is 5.91 Å². The number of benzene rings is 1. The van der Waals surface area contributed by atoms with Gasteiger partial charge < -0.3 is 19.7 Å². The number of carbonyl (C=O) groups excluding carboxylic acids is 1. The zero-order chi connectivity index (χ0) is 19.8. The topological polar surface area (TPSA) is 54.0 Å². The molecule has 6 heteroatoms. The number of likely N-dealkylation sites (tertiary alicyclic amines) is 1. The van der Waals surface area contributed by atoms with Crippen molar-refractivity contribution in [1.29, 1.82) is 0 Å². The molecule has 0 aliphatic carbocycles. The van der Waals surface area contributed by atoms with E-state index >= 15 is 0 Å². The second kappa shape index (κ2) is 10.8. The van der Waals surface area contributed by atoms with E-state index in [9.17, 15) is 4.79 Å². The molecule has 28 heavy (non-hydrogen) atoms. The molecule has 2 fully saturated rings. The zero-order valence-electron chi connectivity index (χ0n) is 17.4. The van der Waals surface area contributed by atoms with Gasteiger partial charge in [-0.25, -0.2) is 0 Å². The zero-order valence-corrected chi connectivity index (χ0v) is 17.4. The van der Waals surface area contributed by atoms with Gasteiger partial charge in [0.2, 0.25) is 0 Å². The number of morpholine rings is 1. The van der Waals surface area contributed by atoms with Gasteiger partial charge in [0.25, 0.3) is 5.91 Å². The highest BCUT2D eigenvalue weighted by Crippen LogP contribution is 2.18. The number of hydrogen-bond donors (Lipinski definition) is 1. The molecule has 6 nitrogen and oxygen atoms in total. The van der Waals surface area contributed by atoms with Gasteiger partial charge >= 0.3 is 0 Å². The monoisotopic (exact) mass is 389 g/mol. The summed E-state index contributed by atoms with van der Waals surface area (Å²) in [4.78, 5) is 16.6. The second-order valence-corrected chi connectivity index (χ2v) is 8.26. The minimum Gasteiger partial charge on any atom is -0.483 e. The normalized spacial score (nSPS) is 20.7. The molecule has 2 aliphatic heterocycles. The maximum absolute atomic E-state index is 12.2. The predicted molar refractivity (Wildman–Crippen MR) is 110 cm³/mol. The molecule has 2 saturated heterocycles. The Morgan fingerprint density at radius 1 is 1.25 bits per heavy atom. The molecular weight excluding hydrogens is 354 g/mol. The number of hydrogen-bond acceptors (Lipinski definition) is 5. The van der Waals surface area contributed by atoms with E-state index in [0.29, 0.717) is 12.5 Å². The smallest absolute Gasteiger partial charge is 0.260 e. The lowest BCUT2D eigenvalue weighted by atomic mass is 10.1. The number of amides is 1. The van der Waals surface area contributed by atoms with Crippen LogP contribution in [0.2, 0.25) is 0 Å². The number of nitrogens with zero attached hydrogens (tertiary/aromatic N) is 2. The SMILES string of the molecule is CC(C)CN1CCOC(CNCc2ccccc2OCC(=O)N2CCCC2)C1. The Kier molecular flexibility index (Phi) is 8.13. The van der Waals surface area contributed by atoms with E-state index in [4.69, 9.17) is 9.47 Å². The van der Waals surface area contributed by atoms with E-state index < -0.39 is 0 Å². The van der Waals surface area contributed by atoms with Gasteiger partial charge in [0.15, 0.2) is 6.61 Å². The highest BCUT2D eigenvalue weighted by Gasteiger charge is 2.21. The summed E-state index contributed by atoms with van der Waals surface area (Å²) < 4.78 is 11.8. The van der Waals surface area contributed by atoms with Crippen molar-refractivity contribution in [3.8, 4) is 5.75 Å². The molecule has 1 aromatic carbocycles. The van der Waals surface area contributed by atoms with E-state index in [0.717, 1.165) is 70.0 Å². The van der Waals surface area contributed by atoms with Crippen molar-refractivity contribution in [3.63, 3.8) is 0 Å². The van der Waals surface area contributed by atoms with Crippen LogP contribution >= 0.6 is 0 Å². The van der Waals surface area contributed by atoms with Crippen LogP contribution in [0.5, 0.6) is 5.75 Å². The van der Waals surface area contributed by atoms with Gasteiger partial charge in [0.1, 0.15) is 5.75 Å². The fraction of sp³-hybridized carbons (Fsp3) is 0.682. The van der Waals surface area contributed by atoms with Gasteiger partial charge in [0, 0.05) is 51.4 Å². The average Bonchev–Trinajstić information content (AvgIpc) is 3.22. The molecule has 0 bridgehead atoms. The summed E-state index contributed by atoms with van der Waals surface area (Å²) in [5, 5.41) is 3.50. The van der Waals surface area contributed by atoms with Crippen molar-refractivity contribution in [2.45, 2.75) is 39.3 Å². The Morgan fingerprint density at radius 2 is 2.04 bits per heavy atom. The first-order chi connectivity index (χ1) is 13.6. The van der Waals surface area contributed by atoms with Crippen LogP contribution < -0.4 is 10.1 Å². The molecule has 1 aromatic rings. The second-order valence-electron chi connectivity index (χ2n) is 8.26. The summed E-state index contributed by atoms with van der Waals surface area (Å²) in [7, 11) is 0. The molecule has 0 saturated carbocycles. The van der Waals surface area contributed by atoms with Gasteiger partial charge in [-0.2, -0.15) is 0 Å². The van der Waals surface area contributed by atoms with Crippen molar-refractivity contribution < 1.29 is 14.3 Å². The minimum atomic E-state index is 0.0844. The first kappa shape index (κ1) is 21.1. The maximum atomic E-state index is 12.2. The van der Waals surface area contributed by atoms with Crippen LogP contribution in [0, 0.1) is 5.92 Å². The number of carbonyl (C=O) groups is 1. The molecule has 0 spiro atoms. The third-order valence-electron chi connectivity index (χ3n) is 5.32. The molecule has 1 unspecified atom stereocenters. The van der Waals surface area contributed by atoms with Gasteiger partial charge in [-0.1, -0.05) is 32.0 Å². The van der Waals surface area contributed by atoms with Gasteiger partial charge in [-0.05, 0) is 24.8 Å². The Hall–Kier alpha value is -1.63. The molecule has 2 aliphatic rings. The lowest BCUT2D eigenvalue weighted by Crippen LogP contribution is -2.47. The molecule has 1 N–H and O–H groups in total. The van der Waals surface area contributed by atoms with E-state index in [2.05, 4.69) is 30.1 Å². The van der Waals surface area contributed by atoms with Crippen LogP contribution in [-0.2, 0) is 16.1 Å². The van der Waals surface area contributed by atoms with E-state index in [1.54, 1.807) is 0 Å². The quantitative estimate of drug-likeness (QED) is 0.701. The number of rotatable bonds is 9. The van der Waals surface area contributed by atoms with Crippen LogP contribution in [0.15, 0.2) is 24.3 Å². The summed E-state index contributed by atoms with van der Waals surface area (Å²) in [5.41, 5.74) is 1.08. The van der Waals surface area contributed by atoms with Crippen LogP contribution in [0.3, 0.4) is 0 Å². The Bertz CT molecular complexity index is 617. The number of nitrogens with one attached hydrogen (secondary N) is 1. The van der Waals surface area contributed by atoms with Crippen molar-refractivity contribution in [2.24, 2.45) is 5.92 Å². The Balaban J connectivity index is 1.43. The van der Waals surface area contributed by atoms with Crippen LogP contribution in [-0.4, -0.2) is 74.3 Å². The van der Waals surface area contributed by atoms with Gasteiger partial charge in [-0.15, -0.1) is 0 Å². The Labute approximate surface area is 169 Å². The molecule has 1 atom stereocenters. The summed E-state index contributed by atoms with van der Waals surface area (Å²) >= 11 is 0. The third-order valence-corrected chi connectivity index (χ3v) is 5.32. The lowest BCUT2D eigenvalue weighted by Gasteiger charge is -2.34.